The van der Waals surface area contributed by atoms with Gasteiger partial charge in [0.1, 0.15) is 0 Å². The van der Waals surface area contributed by atoms with Crippen LogP contribution in [0.1, 0.15) is 6.42 Å². The van der Waals surface area contributed by atoms with Gasteiger partial charge in [0.2, 0.25) is 0 Å². The number of hydrogen-bond acceptors (Lipinski definition) is 4. The predicted molar refractivity (Wildman–Crippen MR) is 42.9 cm³/mol. The maximum atomic E-state index is 9.03. The predicted octanol–water partition coefficient (Wildman–Crippen LogP) is 0.315. The van der Waals surface area contributed by atoms with Crippen LogP contribution >= 0.6 is 10.8 Å². The van der Waals surface area contributed by atoms with Gasteiger partial charge in [-0.05, 0) is 20.0 Å². The lowest BCUT2D eigenvalue weighted by molar-refractivity contribution is 0.411. The summed E-state index contributed by atoms with van der Waals surface area (Å²) in [6, 6.07) is 0. The molecule has 1 atom stereocenters. The SMILES string of the molecule is CN1CCC(S(N)(O)O)C1. The second-order valence-corrected chi connectivity index (χ2v) is 4.76. The standard InChI is InChI=1S/C5H14N2O2S/c1-7-3-2-5(4-7)10(6,8)9/h5,8-9H,2-4,6H2,1H3. The lowest BCUT2D eigenvalue weighted by atomic mass is 10.4. The van der Waals surface area contributed by atoms with Crippen LogP contribution in [0.15, 0.2) is 0 Å². The van der Waals surface area contributed by atoms with Crippen LogP contribution in [0.25, 0.3) is 0 Å². The molecule has 1 heterocycles. The fourth-order valence-electron chi connectivity index (χ4n) is 1.18. The molecule has 0 radical (unpaired) electrons. The van der Waals surface area contributed by atoms with E-state index in [1.54, 1.807) is 0 Å². The van der Waals surface area contributed by atoms with Gasteiger partial charge in [-0.3, -0.25) is 9.11 Å². The molecule has 1 saturated heterocycles. The molecule has 1 unspecified atom stereocenters. The van der Waals surface area contributed by atoms with E-state index in [0.717, 1.165) is 13.0 Å². The molecule has 0 bridgehead atoms. The molecule has 0 amide bonds. The Balaban J connectivity index is 2.45. The summed E-state index contributed by atoms with van der Waals surface area (Å²) >= 11 is 0. The normalized spacial score (nSPS) is 31.0. The molecule has 1 rings (SSSR count). The smallest absolute Gasteiger partial charge is 0.0774 e. The molecule has 1 aliphatic heterocycles. The van der Waals surface area contributed by atoms with Crippen LogP contribution in [0.5, 0.6) is 0 Å². The van der Waals surface area contributed by atoms with Gasteiger partial charge in [-0.25, -0.2) is 5.14 Å². The van der Waals surface area contributed by atoms with Crippen LogP contribution in [0.4, 0.5) is 0 Å². The van der Waals surface area contributed by atoms with E-state index in [2.05, 4.69) is 0 Å². The first kappa shape index (κ1) is 8.29. The van der Waals surface area contributed by atoms with Gasteiger partial charge < -0.3 is 4.90 Å². The van der Waals surface area contributed by atoms with Gasteiger partial charge in [0.15, 0.2) is 0 Å². The van der Waals surface area contributed by atoms with Gasteiger partial charge in [0, 0.05) is 6.54 Å². The molecule has 10 heavy (non-hydrogen) atoms. The Morgan fingerprint density at radius 1 is 1.60 bits per heavy atom. The van der Waals surface area contributed by atoms with Crippen molar-refractivity contribution in [3.8, 4) is 0 Å². The molecule has 0 aliphatic carbocycles. The lowest BCUT2D eigenvalue weighted by Gasteiger charge is -2.32. The van der Waals surface area contributed by atoms with Crippen LogP contribution < -0.4 is 5.14 Å². The van der Waals surface area contributed by atoms with Crippen molar-refractivity contribution in [3.63, 3.8) is 0 Å². The van der Waals surface area contributed by atoms with E-state index in [4.69, 9.17) is 14.2 Å². The number of rotatable bonds is 1. The summed E-state index contributed by atoms with van der Waals surface area (Å²) in [7, 11) is -0.828. The average molecular weight is 166 g/mol. The Morgan fingerprint density at radius 2 is 2.20 bits per heavy atom. The van der Waals surface area contributed by atoms with E-state index in [0.29, 0.717) is 6.54 Å². The molecule has 1 aliphatic rings. The molecule has 5 heteroatoms. The number of likely N-dealkylation sites (tertiary alicyclic amines) is 1. The zero-order valence-corrected chi connectivity index (χ0v) is 6.84. The molecule has 4 nitrogen and oxygen atoms in total. The lowest BCUT2D eigenvalue weighted by Crippen LogP contribution is -2.26. The van der Waals surface area contributed by atoms with Gasteiger partial charge >= 0.3 is 0 Å². The van der Waals surface area contributed by atoms with Gasteiger partial charge in [-0.2, -0.15) is 0 Å². The third-order valence-electron chi connectivity index (χ3n) is 1.84. The van der Waals surface area contributed by atoms with Gasteiger partial charge in [-0.1, -0.05) is 0 Å². The summed E-state index contributed by atoms with van der Waals surface area (Å²) < 4.78 is 18.1. The molecular formula is C5H14N2O2S. The Hall–Kier alpha value is 0.190. The number of nitrogens with zero attached hydrogens (tertiary/aromatic N) is 1. The van der Waals surface area contributed by atoms with Crippen molar-refractivity contribution in [1.29, 1.82) is 0 Å². The highest BCUT2D eigenvalue weighted by Gasteiger charge is 2.28. The minimum atomic E-state index is -2.78. The number of hydrogen-bond donors (Lipinski definition) is 3. The quantitative estimate of drug-likeness (QED) is 0.524. The molecule has 0 aromatic rings. The molecule has 0 spiro atoms. The summed E-state index contributed by atoms with van der Waals surface area (Å²) in [5.74, 6) is 0. The van der Waals surface area contributed by atoms with Crippen molar-refractivity contribution in [2.75, 3.05) is 20.1 Å². The average Bonchev–Trinajstić information content (AvgIpc) is 2.11. The monoisotopic (exact) mass is 166 g/mol. The Labute approximate surface area is 62.5 Å². The van der Waals surface area contributed by atoms with Crippen molar-refractivity contribution >= 4 is 10.8 Å². The van der Waals surface area contributed by atoms with Gasteiger partial charge in [0.25, 0.3) is 0 Å². The van der Waals surface area contributed by atoms with Crippen LogP contribution in [0, 0.1) is 0 Å². The second kappa shape index (κ2) is 2.67. The molecule has 0 aromatic heterocycles. The first-order valence-corrected chi connectivity index (χ1v) is 4.91. The van der Waals surface area contributed by atoms with Gasteiger partial charge in [0.05, 0.1) is 5.25 Å². The topological polar surface area (TPSA) is 69.7 Å². The third kappa shape index (κ3) is 1.83. The molecule has 4 N–H and O–H groups in total. The molecule has 0 aromatic carbocycles. The maximum Gasteiger partial charge on any atom is 0.0774 e. The summed E-state index contributed by atoms with van der Waals surface area (Å²) in [6.07, 6.45) is 0.801. The van der Waals surface area contributed by atoms with E-state index in [9.17, 15) is 0 Å². The Morgan fingerprint density at radius 3 is 2.40 bits per heavy atom. The highest BCUT2D eigenvalue weighted by atomic mass is 32.3. The van der Waals surface area contributed by atoms with E-state index in [-0.39, 0.29) is 5.25 Å². The zero-order valence-electron chi connectivity index (χ0n) is 6.03. The summed E-state index contributed by atoms with van der Waals surface area (Å²) in [5.41, 5.74) is 0. The van der Waals surface area contributed by atoms with E-state index in [1.165, 1.54) is 0 Å². The fourth-order valence-corrected chi connectivity index (χ4v) is 2.10. The van der Waals surface area contributed by atoms with E-state index >= 15 is 0 Å². The van der Waals surface area contributed by atoms with Crippen molar-refractivity contribution in [1.82, 2.24) is 4.90 Å². The van der Waals surface area contributed by atoms with Crippen LogP contribution in [-0.2, 0) is 0 Å². The summed E-state index contributed by atoms with van der Waals surface area (Å²) in [4.78, 5) is 2.05. The minimum Gasteiger partial charge on any atom is -0.304 e. The molecule has 0 saturated carbocycles. The van der Waals surface area contributed by atoms with E-state index < -0.39 is 10.8 Å². The number of nitrogens with two attached hydrogens (primary N) is 1. The third-order valence-corrected chi connectivity index (χ3v) is 3.20. The van der Waals surface area contributed by atoms with Crippen molar-refractivity contribution in [2.45, 2.75) is 11.7 Å². The Kier molecular flexibility index (Phi) is 2.21. The molecule has 1 fully saturated rings. The van der Waals surface area contributed by atoms with Crippen LogP contribution in [0.3, 0.4) is 0 Å². The van der Waals surface area contributed by atoms with Crippen molar-refractivity contribution < 1.29 is 9.11 Å². The summed E-state index contributed by atoms with van der Waals surface area (Å²) in [5, 5.41) is 5.06. The largest absolute Gasteiger partial charge is 0.304 e. The van der Waals surface area contributed by atoms with Crippen molar-refractivity contribution in [2.24, 2.45) is 5.14 Å². The minimum absolute atomic E-state index is 0.113. The fraction of sp³-hybridized carbons (Fsp3) is 1.00. The summed E-state index contributed by atoms with van der Waals surface area (Å²) in [6.45, 7) is 1.62. The highest BCUT2D eigenvalue weighted by molar-refractivity contribution is 8.22. The molecular weight excluding hydrogens is 152 g/mol. The maximum absolute atomic E-state index is 9.03. The first-order valence-electron chi connectivity index (χ1n) is 3.23. The first-order chi connectivity index (χ1) is 4.50. The van der Waals surface area contributed by atoms with Gasteiger partial charge in [-0.15, -0.1) is 10.8 Å². The van der Waals surface area contributed by atoms with Crippen LogP contribution in [-0.4, -0.2) is 39.4 Å². The van der Waals surface area contributed by atoms with E-state index in [1.807, 2.05) is 11.9 Å². The van der Waals surface area contributed by atoms with Crippen molar-refractivity contribution in [3.05, 3.63) is 0 Å². The Bertz CT molecular complexity index is 125. The molecule has 62 valence electrons. The van der Waals surface area contributed by atoms with Crippen LogP contribution in [0.2, 0.25) is 0 Å². The second-order valence-electron chi connectivity index (χ2n) is 2.81. The zero-order chi connectivity index (χ0) is 7.78. The highest BCUT2D eigenvalue weighted by Crippen LogP contribution is 2.39.